The van der Waals surface area contributed by atoms with E-state index in [2.05, 4.69) is 16.9 Å². The van der Waals surface area contributed by atoms with Crippen LogP contribution in [0.25, 0.3) is 10.4 Å². The first kappa shape index (κ1) is 20.1. The molecule has 2 atom stereocenters. The van der Waals surface area contributed by atoms with Crippen molar-refractivity contribution in [2.75, 3.05) is 6.61 Å². The molecule has 6 rings (SSSR count). The summed E-state index contributed by atoms with van der Waals surface area (Å²) in [6.45, 7) is 4.51. The molecule has 160 valence electrons. The van der Waals surface area contributed by atoms with Crippen molar-refractivity contribution in [3.05, 3.63) is 65.3 Å². The molecule has 2 saturated heterocycles. The van der Waals surface area contributed by atoms with Crippen molar-refractivity contribution in [1.29, 1.82) is 0 Å². The number of halogens is 1. The molecule has 7 heteroatoms. The van der Waals surface area contributed by atoms with E-state index in [-0.39, 0.29) is 23.8 Å². The fourth-order valence-electron chi connectivity index (χ4n) is 4.77. The number of amides is 1. The summed E-state index contributed by atoms with van der Waals surface area (Å²) in [7, 11) is 0. The number of carbonyl (C=O) groups excluding carboxylic acids is 1. The maximum Gasteiger partial charge on any atom is 0.274 e. The van der Waals surface area contributed by atoms with Gasteiger partial charge < -0.3 is 9.64 Å². The van der Waals surface area contributed by atoms with Gasteiger partial charge >= 0.3 is 0 Å². The number of pyridine rings is 1. The molecular formula is C24H24FN3O2S. The number of thiazole rings is 1. The molecule has 2 aliphatic heterocycles. The molecule has 0 radical (unpaired) electrons. The molecule has 2 bridgehead atoms. The third kappa shape index (κ3) is 3.71. The average Bonchev–Trinajstić information content (AvgIpc) is 3.14. The number of fused-ring (bicyclic) bond motifs is 2. The van der Waals surface area contributed by atoms with E-state index in [9.17, 15) is 9.18 Å². The van der Waals surface area contributed by atoms with Gasteiger partial charge in [-0.2, -0.15) is 0 Å². The summed E-state index contributed by atoms with van der Waals surface area (Å²) in [5, 5.41) is 0.859. The van der Waals surface area contributed by atoms with Gasteiger partial charge in [0.05, 0.1) is 15.9 Å². The van der Waals surface area contributed by atoms with Gasteiger partial charge in [-0.25, -0.2) is 9.37 Å². The lowest BCUT2D eigenvalue weighted by molar-refractivity contribution is -0.0672. The molecule has 3 fully saturated rings. The Bertz CT molecular complexity index is 1080. The molecule has 3 aromatic rings. The van der Waals surface area contributed by atoms with Crippen LogP contribution in [0.1, 0.15) is 35.3 Å². The zero-order chi connectivity index (χ0) is 21.5. The number of piperidine rings is 2. The number of carbonyl (C=O) groups is 1. The van der Waals surface area contributed by atoms with Gasteiger partial charge in [0.2, 0.25) is 0 Å². The fourth-order valence-corrected chi connectivity index (χ4v) is 5.67. The summed E-state index contributed by atoms with van der Waals surface area (Å²) in [5.41, 5.74) is 1.41. The van der Waals surface area contributed by atoms with Crippen molar-refractivity contribution in [3.8, 4) is 16.2 Å². The minimum atomic E-state index is -0.293. The smallest absolute Gasteiger partial charge is 0.274 e. The van der Waals surface area contributed by atoms with E-state index in [1.165, 1.54) is 23.5 Å². The van der Waals surface area contributed by atoms with Crippen LogP contribution in [-0.4, -0.2) is 39.5 Å². The van der Waals surface area contributed by atoms with Gasteiger partial charge in [-0.1, -0.05) is 13.0 Å². The van der Waals surface area contributed by atoms with Crippen LogP contribution in [0.2, 0.25) is 0 Å². The quantitative estimate of drug-likeness (QED) is 0.566. The number of aryl methyl sites for hydroxylation is 1. The summed E-state index contributed by atoms with van der Waals surface area (Å²) >= 11 is 1.52. The molecule has 0 unspecified atom stereocenters. The minimum absolute atomic E-state index is 0.0362. The molecule has 4 heterocycles. The number of aromatic nitrogens is 2. The summed E-state index contributed by atoms with van der Waals surface area (Å²) in [6, 6.07) is 10.0. The first-order valence-electron chi connectivity index (χ1n) is 10.6. The second kappa shape index (κ2) is 8.04. The van der Waals surface area contributed by atoms with Crippen LogP contribution in [0.4, 0.5) is 4.39 Å². The summed E-state index contributed by atoms with van der Waals surface area (Å²) in [5.74, 6) is 1.23. The summed E-state index contributed by atoms with van der Waals surface area (Å²) < 4.78 is 19.2. The summed E-state index contributed by atoms with van der Waals surface area (Å²) in [6.07, 6.45) is 5.57. The molecule has 2 aromatic heterocycles. The van der Waals surface area contributed by atoms with Crippen LogP contribution in [-0.2, 0) is 0 Å². The average molecular weight is 438 g/mol. The number of nitrogens with zero attached hydrogens (tertiary/aromatic N) is 3. The largest absolute Gasteiger partial charge is 0.491 e. The Labute approximate surface area is 184 Å². The van der Waals surface area contributed by atoms with Gasteiger partial charge in [-0.15, -0.1) is 11.3 Å². The van der Waals surface area contributed by atoms with Gasteiger partial charge in [0.15, 0.2) is 0 Å². The third-order valence-corrected chi connectivity index (χ3v) is 7.60. The van der Waals surface area contributed by atoms with E-state index in [1.54, 1.807) is 24.5 Å². The zero-order valence-corrected chi connectivity index (χ0v) is 18.3. The van der Waals surface area contributed by atoms with E-state index in [1.807, 2.05) is 24.0 Å². The molecule has 0 spiro atoms. The van der Waals surface area contributed by atoms with Crippen molar-refractivity contribution in [1.82, 2.24) is 14.9 Å². The number of rotatable bonds is 5. The van der Waals surface area contributed by atoms with Gasteiger partial charge in [-0.3, -0.25) is 9.78 Å². The van der Waals surface area contributed by atoms with Crippen molar-refractivity contribution in [2.24, 2.45) is 11.8 Å². The molecule has 1 saturated carbocycles. The molecule has 3 aliphatic rings. The maximum absolute atomic E-state index is 13.8. The van der Waals surface area contributed by atoms with Crippen molar-refractivity contribution >= 4 is 17.2 Å². The Balaban J connectivity index is 1.43. The molecule has 1 amide bonds. The maximum atomic E-state index is 13.8. The Hall–Kier alpha value is -2.80. The Morgan fingerprint density at radius 3 is 2.74 bits per heavy atom. The van der Waals surface area contributed by atoms with Crippen LogP contribution in [0.3, 0.4) is 0 Å². The van der Waals surface area contributed by atoms with Crippen molar-refractivity contribution in [2.45, 2.75) is 38.8 Å². The van der Waals surface area contributed by atoms with E-state index < -0.39 is 0 Å². The molecule has 5 nitrogen and oxygen atoms in total. The van der Waals surface area contributed by atoms with Gasteiger partial charge in [0.25, 0.3) is 5.91 Å². The number of ether oxygens (including phenoxy) is 1. The zero-order valence-electron chi connectivity index (χ0n) is 17.5. The predicted octanol–water partition coefficient (Wildman–Crippen LogP) is 4.97. The lowest BCUT2D eigenvalue weighted by atomic mass is 9.64. The standard InChI is InChI=1S/C24H24FN3O2S/c1-14-17-10-19(11-17)28(21(14)13-30-20-7-5-18(25)6-8-20)24(29)22-23(31-15(2)27-22)16-4-3-9-26-12-16/h3-9,12,14,17,19,21H,10-11,13H2,1-2H3/t14-,17?,19?,21-/m1/s1. The van der Waals surface area contributed by atoms with Crippen molar-refractivity contribution in [3.63, 3.8) is 0 Å². The predicted molar refractivity (Wildman–Crippen MR) is 118 cm³/mol. The number of hydrogen-bond donors (Lipinski definition) is 0. The Kier molecular flexibility index (Phi) is 5.22. The highest BCUT2D eigenvalue weighted by Gasteiger charge is 2.51. The van der Waals surface area contributed by atoms with Crippen molar-refractivity contribution < 1.29 is 13.9 Å². The monoisotopic (exact) mass is 437 g/mol. The molecule has 1 aromatic carbocycles. The van der Waals surface area contributed by atoms with E-state index >= 15 is 0 Å². The van der Waals surface area contributed by atoms with Gasteiger partial charge in [0, 0.05) is 24.0 Å². The number of hydrogen-bond acceptors (Lipinski definition) is 5. The van der Waals surface area contributed by atoms with Gasteiger partial charge in [-0.05, 0) is 61.9 Å². The molecule has 0 N–H and O–H groups in total. The first-order valence-corrected chi connectivity index (χ1v) is 11.4. The molecular weight excluding hydrogens is 413 g/mol. The summed E-state index contributed by atoms with van der Waals surface area (Å²) in [4.78, 5) is 25.5. The Morgan fingerprint density at radius 1 is 1.26 bits per heavy atom. The highest BCUT2D eigenvalue weighted by Crippen LogP contribution is 2.47. The van der Waals surface area contributed by atoms with Crippen LogP contribution < -0.4 is 4.74 Å². The second-order valence-corrected chi connectivity index (χ2v) is 9.64. The highest BCUT2D eigenvalue weighted by atomic mass is 32.1. The molecule has 1 aliphatic carbocycles. The first-order chi connectivity index (χ1) is 15.0. The minimum Gasteiger partial charge on any atom is -0.491 e. The third-order valence-electron chi connectivity index (χ3n) is 6.58. The normalized spacial score (nSPS) is 24.5. The topological polar surface area (TPSA) is 55.3 Å². The van der Waals surface area contributed by atoms with E-state index in [4.69, 9.17) is 4.74 Å². The van der Waals surface area contributed by atoms with E-state index in [0.29, 0.717) is 29.9 Å². The van der Waals surface area contributed by atoms with Crippen LogP contribution in [0.15, 0.2) is 48.8 Å². The number of benzene rings is 1. The fraction of sp³-hybridized carbons (Fsp3) is 0.375. The van der Waals surface area contributed by atoms with E-state index in [0.717, 1.165) is 28.3 Å². The van der Waals surface area contributed by atoms with Crippen LogP contribution in [0.5, 0.6) is 5.75 Å². The van der Waals surface area contributed by atoms with Crippen LogP contribution >= 0.6 is 11.3 Å². The molecule has 31 heavy (non-hydrogen) atoms. The Morgan fingerprint density at radius 2 is 2.03 bits per heavy atom. The second-order valence-electron chi connectivity index (χ2n) is 8.44. The SMILES string of the molecule is Cc1nc(C(=O)N2C3CC(C3)[C@@H](C)[C@H]2COc2ccc(F)cc2)c(-c2cccnc2)s1. The van der Waals surface area contributed by atoms with Crippen LogP contribution in [0, 0.1) is 24.6 Å². The highest BCUT2D eigenvalue weighted by molar-refractivity contribution is 7.15. The lowest BCUT2D eigenvalue weighted by Crippen LogP contribution is -2.64. The van der Waals surface area contributed by atoms with Gasteiger partial charge in [0.1, 0.15) is 23.9 Å². The lowest BCUT2D eigenvalue weighted by Gasteiger charge is -2.57.